The molecule has 1 unspecified atom stereocenters. The van der Waals surface area contributed by atoms with Crippen molar-refractivity contribution in [1.29, 1.82) is 0 Å². The summed E-state index contributed by atoms with van der Waals surface area (Å²) in [7, 11) is 0. The summed E-state index contributed by atoms with van der Waals surface area (Å²) in [4.78, 5) is 23.2. The average Bonchev–Trinajstić information content (AvgIpc) is 3.30. The maximum absolute atomic E-state index is 12.5. The zero-order chi connectivity index (χ0) is 22.5. The summed E-state index contributed by atoms with van der Waals surface area (Å²) in [5.74, 6) is 0.0611. The molecule has 0 aliphatic carbocycles. The fourth-order valence-electron chi connectivity index (χ4n) is 3.20. The molecule has 0 aliphatic rings. The number of carbonyl (C=O) groups is 1. The molecule has 1 atom stereocenters. The Hall–Kier alpha value is -3.69. The number of rotatable bonds is 9. The lowest BCUT2D eigenvalue weighted by atomic mass is 10.1. The molecule has 1 aromatic carbocycles. The van der Waals surface area contributed by atoms with Gasteiger partial charge in [-0.2, -0.15) is 10.2 Å². The number of nitrogens with zero attached hydrogens (tertiary/aromatic N) is 5. The lowest BCUT2D eigenvalue weighted by Crippen LogP contribution is -2.25. The summed E-state index contributed by atoms with van der Waals surface area (Å²) >= 11 is 0. The summed E-state index contributed by atoms with van der Waals surface area (Å²) in [6, 6.07) is 7.86. The topological polar surface area (TPSA) is 117 Å². The fourth-order valence-corrected chi connectivity index (χ4v) is 3.20. The van der Waals surface area contributed by atoms with Crippen LogP contribution in [0.4, 0.5) is 11.4 Å². The van der Waals surface area contributed by atoms with E-state index in [0.717, 1.165) is 12.2 Å². The Morgan fingerprint density at radius 1 is 1.29 bits per heavy atom. The number of anilines is 1. The zero-order valence-electron chi connectivity index (χ0n) is 18.0. The Morgan fingerprint density at radius 3 is 2.61 bits per heavy atom. The van der Waals surface area contributed by atoms with Crippen LogP contribution in [0.1, 0.15) is 30.8 Å². The summed E-state index contributed by atoms with van der Waals surface area (Å²) in [6.45, 7) is 7.50. The highest BCUT2D eigenvalue weighted by Crippen LogP contribution is 2.23. The van der Waals surface area contributed by atoms with Crippen LogP contribution in [0.2, 0.25) is 0 Å². The summed E-state index contributed by atoms with van der Waals surface area (Å²) in [5.41, 5.74) is 2.53. The van der Waals surface area contributed by atoms with Gasteiger partial charge in [0.25, 0.3) is 0 Å². The molecule has 164 valence electrons. The van der Waals surface area contributed by atoms with Gasteiger partial charge in [0, 0.05) is 0 Å². The minimum Gasteiger partial charge on any atom is -0.471 e. The number of hydrogen-bond donors (Lipinski definition) is 1. The van der Waals surface area contributed by atoms with Crippen molar-refractivity contribution in [3.63, 3.8) is 0 Å². The molecule has 31 heavy (non-hydrogen) atoms. The van der Waals surface area contributed by atoms with E-state index < -0.39 is 10.8 Å². The Labute approximate surface area is 180 Å². The fraction of sp³-hybridized carbons (Fsp3) is 0.381. The van der Waals surface area contributed by atoms with E-state index in [1.54, 1.807) is 37.8 Å². The third-order valence-electron chi connectivity index (χ3n) is 5.02. The van der Waals surface area contributed by atoms with E-state index in [-0.39, 0.29) is 24.9 Å². The first-order valence-corrected chi connectivity index (χ1v) is 10.0. The number of benzene rings is 1. The van der Waals surface area contributed by atoms with Gasteiger partial charge in [0.05, 0.1) is 35.5 Å². The van der Waals surface area contributed by atoms with Crippen LogP contribution in [0, 0.1) is 29.9 Å². The maximum atomic E-state index is 12.5. The van der Waals surface area contributed by atoms with Crippen molar-refractivity contribution < 1.29 is 14.5 Å². The molecule has 10 heteroatoms. The first-order chi connectivity index (χ1) is 14.8. The van der Waals surface area contributed by atoms with E-state index in [2.05, 4.69) is 22.4 Å². The van der Waals surface area contributed by atoms with E-state index in [0.29, 0.717) is 17.1 Å². The normalized spacial score (nSPS) is 11.9. The molecule has 3 aromatic rings. The van der Waals surface area contributed by atoms with Gasteiger partial charge in [0.1, 0.15) is 17.1 Å². The van der Waals surface area contributed by atoms with Gasteiger partial charge in [-0.3, -0.25) is 19.6 Å². The molecule has 0 saturated heterocycles. The van der Waals surface area contributed by atoms with Gasteiger partial charge in [0.15, 0.2) is 6.73 Å². The van der Waals surface area contributed by atoms with Crippen molar-refractivity contribution in [2.45, 2.75) is 47.4 Å². The molecule has 0 aliphatic heterocycles. The molecule has 0 bridgehead atoms. The number of carbonyl (C=O) groups excluding carboxylic acids is 1. The molecule has 3 rings (SSSR count). The first-order valence-electron chi connectivity index (χ1n) is 10.0. The second-order valence-corrected chi connectivity index (χ2v) is 7.39. The van der Waals surface area contributed by atoms with E-state index in [9.17, 15) is 14.9 Å². The van der Waals surface area contributed by atoms with E-state index >= 15 is 0 Å². The lowest BCUT2D eigenvalue weighted by Gasteiger charge is -2.12. The van der Waals surface area contributed by atoms with Crippen molar-refractivity contribution in [1.82, 2.24) is 19.6 Å². The van der Waals surface area contributed by atoms with Gasteiger partial charge < -0.3 is 10.1 Å². The van der Waals surface area contributed by atoms with Crippen molar-refractivity contribution in [3.05, 3.63) is 63.7 Å². The van der Waals surface area contributed by atoms with Gasteiger partial charge >= 0.3 is 5.69 Å². The van der Waals surface area contributed by atoms with Crippen molar-refractivity contribution in [2.24, 2.45) is 5.92 Å². The number of hydrogen-bond acceptors (Lipinski definition) is 6. The Bertz CT molecular complexity index is 1070. The average molecular weight is 426 g/mol. The van der Waals surface area contributed by atoms with Crippen LogP contribution in [-0.4, -0.2) is 30.4 Å². The number of nitro groups is 1. The molecular weight excluding hydrogens is 400 g/mol. The SMILES string of the molecule is CCc1ccc(OCn2cc(NC(=O)C(C)Cn3nc(C)c([N+](=O)[O-])c3C)cn2)cc1. The van der Waals surface area contributed by atoms with Gasteiger partial charge in [-0.25, -0.2) is 4.68 Å². The standard InChI is InChI=1S/C21H26N6O4/c1-5-17-6-8-19(9-7-17)31-13-25-12-18(10-22-25)23-21(28)14(2)11-26-16(4)20(27(29)30)15(3)24-26/h6-10,12,14H,5,11,13H2,1-4H3,(H,23,28). The lowest BCUT2D eigenvalue weighted by molar-refractivity contribution is -0.386. The van der Waals surface area contributed by atoms with Crippen LogP contribution in [0.5, 0.6) is 5.75 Å². The predicted molar refractivity (Wildman–Crippen MR) is 115 cm³/mol. The number of nitrogens with one attached hydrogen (secondary N) is 1. The highest BCUT2D eigenvalue weighted by molar-refractivity contribution is 5.91. The molecule has 1 N–H and O–H groups in total. The molecule has 1 amide bonds. The molecule has 0 fully saturated rings. The number of aromatic nitrogens is 4. The van der Waals surface area contributed by atoms with Gasteiger partial charge in [-0.05, 0) is 38.0 Å². The summed E-state index contributed by atoms with van der Waals surface area (Å²) in [5, 5.41) is 22.3. The maximum Gasteiger partial charge on any atom is 0.312 e. The molecule has 0 spiro atoms. The highest BCUT2D eigenvalue weighted by atomic mass is 16.6. The van der Waals surface area contributed by atoms with Crippen LogP contribution in [0.3, 0.4) is 0 Å². The van der Waals surface area contributed by atoms with Crippen LogP contribution in [0.25, 0.3) is 0 Å². The van der Waals surface area contributed by atoms with Crippen LogP contribution in [0.15, 0.2) is 36.7 Å². The summed E-state index contributed by atoms with van der Waals surface area (Å²) in [6.07, 6.45) is 4.19. The molecule has 0 radical (unpaired) electrons. The molecular formula is C21H26N6O4. The van der Waals surface area contributed by atoms with Crippen molar-refractivity contribution in [2.75, 3.05) is 5.32 Å². The van der Waals surface area contributed by atoms with Gasteiger partial charge in [0.2, 0.25) is 5.91 Å². The number of aryl methyl sites for hydroxylation is 2. The minimum absolute atomic E-state index is 0.0155. The Balaban J connectivity index is 1.55. The zero-order valence-corrected chi connectivity index (χ0v) is 18.0. The number of ether oxygens (including phenoxy) is 1. The van der Waals surface area contributed by atoms with E-state index in [4.69, 9.17) is 4.74 Å². The van der Waals surface area contributed by atoms with E-state index in [1.165, 1.54) is 10.2 Å². The van der Waals surface area contributed by atoms with E-state index in [1.807, 2.05) is 24.3 Å². The quantitative estimate of drug-likeness (QED) is 0.413. The molecule has 10 nitrogen and oxygen atoms in total. The van der Waals surface area contributed by atoms with Crippen LogP contribution >= 0.6 is 0 Å². The highest BCUT2D eigenvalue weighted by Gasteiger charge is 2.24. The molecule has 0 saturated carbocycles. The third-order valence-corrected chi connectivity index (χ3v) is 5.02. The van der Waals surface area contributed by atoms with Gasteiger partial charge in [-0.15, -0.1) is 0 Å². The first kappa shape index (κ1) is 22.0. The second kappa shape index (κ2) is 9.41. The molecule has 2 aromatic heterocycles. The predicted octanol–water partition coefficient (Wildman–Crippen LogP) is 3.48. The molecule has 2 heterocycles. The number of amides is 1. The monoisotopic (exact) mass is 426 g/mol. The second-order valence-electron chi connectivity index (χ2n) is 7.39. The largest absolute Gasteiger partial charge is 0.471 e. The van der Waals surface area contributed by atoms with Crippen molar-refractivity contribution >= 4 is 17.3 Å². The Morgan fingerprint density at radius 2 is 2.00 bits per heavy atom. The smallest absolute Gasteiger partial charge is 0.312 e. The summed E-state index contributed by atoms with van der Waals surface area (Å²) < 4.78 is 8.78. The van der Waals surface area contributed by atoms with Crippen LogP contribution < -0.4 is 10.1 Å². The van der Waals surface area contributed by atoms with Crippen molar-refractivity contribution in [3.8, 4) is 5.75 Å². The third kappa shape index (κ3) is 5.27. The minimum atomic E-state index is -0.451. The Kier molecular flexibility index (Phi) is 6.68. The van der Waals surface area contributed by atoms with Gasteiger partial charge in [-0.1, -0.05) is 26.0 Å². The van der Waals surface area contributed by atoms with Crippen LogP contribution in [-0.2, 0) is 24.5 Å².